The topological polar surface area (TPSA) is 51.0 Å². The molecule has 146 valence electrons. The van der Waals surface area contributed by atoms with Crippen molar-refractivity contribution in [2.75, 3.05) is 0 Å². The first-order valence-corrected chi connectivity index (χ1v) is 9.77. The molecule has 0 saturated heterocycles. The number of carbonyl (C=O) groups is 1. The molecule has 0 bridgehead atoms. The van der Waals surface area contributed by atoms with Gasteiger partial charge in [-0.2, -0.15) is 5.10 Å². The van der Waals surface area contributed by atoms with Crippen molar-refractivity contribution < 1.29 is 9.18 Å². The lowest BCUT2D eigenvalue weighted by Gasteiger charge is -2.29. The minimum atomic E-state index is -1.28. The minimum absolute atomic E-state index is 0.00661. The number of nitrogens with zero attached hydrogens (tertiary/aromatic N) is 4. The largest absolute Gasteiger partial charge is 0.333 e. The van der Waals surface area contributed by atoms with E-state index in [1.807, 2.05) is 24.8 Å². The average molecular weight is 393 g/mol. The predicted molar refractivity (Wildman–Crippen MR) is 104 cm³/mol. The van der Waals surface area contributed by atoms with E-state index in [9.17, 15) is 9.18 Å². The molecule has 27 heavy (non-hydrogen) atoms. The summed E-state index contributed by atoms with van der Waals surface area (Å²) in [7, 11) is 1.71. The number of aryl methyl sites for hydroxylation is 3. The van der Waals surface area contributed by atoms with Gasteiger partial charge >= 0.3 is 0 Å². The zero-order valence-electron chi connectivity index (χ0n) is 16.2. The van der Waals surface area contributed by atoms with Crippen molar-refractivity contribution in [1.82, 2.24) is 19.7 Å². The molecule has 0 radical (unpaired) electrons. The molecule has 2 aromatic rings. The highest BCUT2D eigenvalue weighted by atomic mass is 35.5. The van der Waals surface area contributed by atoms with Crippen LogP contribution in [-0.4, -0.2) is 37.7 Å². The molecule has 0 N–H and O–H groups in total. The SMILES string of the molecule is Cc1cnc(CCC(C)N(C(=O)c2cn(C)nc2C(C)F)C2CC2)c(Cl)c1. The number of carbonyl (C=O) groups excluding carboxylic acids is 1. The fourth-order valence-electron chi connectivity index (χ4n) is 3.41. The van der Waals surface area contributed by atoms with E-state index in [2.05, 4.69) is 10.1 Å². The van der Waals surface area contributed by atoms with Gasteiger partial charge in [-0.05, 0) is 58.1 Å². The van der Waals surface area contributed by atoms with E-state index in [1.165, 1.54) is 11.6 Å². The van der Waals surface area contributed by atoms with Gasteiger partial charge in [0, 0.05) is 31.5 Å². The van der Waals surface area contributed by atoms with Gasteiger partial charge in [-0.15, -0.1) is 0 Å². The highest BCUT2D eigenvalue weighted by Gasteiger charge is 2.38. The molecule has 1 amide bonds. The Morgan fingerprint density at radius 3 is 2.74 bits per heavy atom. The van der Waals surface area contributed by atoms with Gasteiger partial charge in [0.25, 0.3) is 5.91 Å². The Balaban J connectivity index is 1.76. The summed E-state index contributed by atoms with van der Waals surface area (Å²) in [5.41, 5.74) is 2.44. The number of aromatic nitrogens is 3. The highest BCUT2D eigenvalue weighted by molar-refractivity contribution is 6.31. The Bertz CT molecular complexity index is 831. The van der Waals surface area contributed by atoms with Crippen LogP contribution in [0.2, 0.25) is 5.02 Å². The van der Waals surface area contributed by atoms with Crippen molar-refractivity contribution in [1.29, 1.82) is 0 Å². The van der Waals surface area contributed by atoms with Crippen LogP contribution in [0.15, 0.2) is 18.5 Å². The molecular formula is C20H26ClFN4O. The van der Waals surface area contributed by atoms with E-state index >= 15 is 0 Å². The molecule has 1 aliphatic carbocycles. The first-order chi connectivity index (χ1) is 12.8. The normalized spacial score (nSPS) is 16.2. The standard InChI is InChI=1S/C20H26ClFN4O/c1-12-9-17(21)18(23-10-12)8-5-13(2)26(15-6-7-15)20(27)16-11-25(4)24-19(16)14(3)22/h9-11,13-15H,5-8H2,1-4H3. The molecule has 0 aliphatic heterocycles. The Hall–Kier alpha value is -1.95. The van der Waals surface area contributed by atoms with Crippen LogP contribution < -0.4 is 0 Å². The Morgan fingerprint density at radius 2 is 2.15 bits per heavy atom. The molecular weight excluding hydrogens is 367 g/mol. The molecule has 0 aromatic carbocycles. The highest BCUT2D eigenvalue weighted by Crippen LogP contribution is 2.33. The monoisotopic (exact) mass is 392 g/mol. The summed E-state index contributed by atoms with van der Waals surface area (Å²) in [6.07, 6.45) is 5.56. The lowest BCUT2D eigenvalue weighted by molar-refractivity contribution is 0.0664. The molecule has 3 rings (SSSR count). The summed E-state index contributed by atoms with van der Waals surface area (Å²) >= 11 is 6.29. The lowest BCUT2D eigenvalue weighted by Crippen LogP contribution is -2.41. The van der Waals surface area contributed by atoms with Crippen LogP contribution in [0, 0.1) is 6.92 Å². The Labute approximate surface area is 164 Å². The maximum absolute atomic E-state index is 13.9. The quantitative estimate of drug-likeness (QED) is 0.700. The van der Waals surface area contributed by atoms with E-state index in [4.69, 9.17) is 11.6 Å². The average Bonchev–Trinajstić information content (AvgIpc) is 3.34. The Kier molecular flexibility index (Phi) is 5.84. The molecule has 1 saturated carbocycles. The van der Waals surface area contributed by atoms with Gasteiger partial charge in [0.1, 0.15) is 11.9 Å². The molecule has 2 heterocycles. The molecule has 5 nitrogen and oxygen atoms in total. The molecule has 1 aliphatic rings. The molecule has 1 fully saturated rings. The van der Waals surface area contributed by atoms with E-state index in [0.717, 1.165) is 30.5 Å². The molecule has 7 heteroatoms. The smallest absolute Gasteiger partial charge is 0.257 e. The van der Waals surface area contributed by atoms with Gasteiger partial charge in [-0.3, -0.25) is 14.5 Å². The summed E-state index contributed by atoms with van der Waals surface area (Å²) in [6.45, 7) is 5.40. The maximum atomic E-state index is 13.9. The summed E-state index contributed by atoms with van der Waals surface area (Å²) < 4.78 is 15.4. The van der Waals surface area contributed by atoms with Crippen LogP contribution in [0.3, 0.4) is 0 Å². The third-order valence-electron chi connectivity index (χ3n) is 4.97. The third-order valence-corrected chi connectivity index (χ3v) is 5.29. The van der Waals surface area contributed by atoms with E-state index < -0.39 is 6.17 Å². The molecule has 2 atom stereocenters. The van der Waals surface area contributed by atoms with Crippen molar-refractivity contribution in [2.45, 2.75) is 64.7 Å². The third kappa shape index (κ3) is 4.49. The fraction of sp³-hybridized carbons (Fsp3) is 0.550. The minimum Gasteiger partial charge on any atom is -0.333 e. The number of hydrogen-bond acceptors (Lipinski definition) is 3. The van der Waals surface area contributed by atoms with Crippen LogP contribution in [-0.2, 0) is 13.5 Å². The Morgan fingerprint density at radius 1 is 1.44 bits per heavy atom. The number of hydrogen-bond donors (Lipinski definition) is 0. The first kappa shape index (κ1) is 19.8. The van der Waals surface area contributed by atoms with Crippen LogP contribution >= 0.6 is 11.6 Å². The van der Waals surface area contributed by atoms with Crippen molar-refractivity contribution in [3.05, 3.63) is 46.0 Å². The predicted octanol–water partition coefficient (Wildman–Crippen LogP) is 4.43. The van der Waals surface area contributed by atoms with Crippen LogP contribution in [0.25, 0.3) is 0 Å². The van der Waals surface area contributed by atoms with Gasteiger partial charge in [-0.1, -0.05) is 11.6 Å². The van der Waals surface area contributed by atoms with Crippen molar-refractivity contribution in [2.24, 2.45) is 7.05 Å². The van der Waals surface area contributed by atoms with E-state index in [1.54, 1.807) is 19.4 Å². The zero-order chi connectivity index (χ0) is 19.7. The molecule has 2 unspecified atom stereocenters. The second kappa shape index (κ2) is 7.97. The summed E-state index contributed by atoms with van der Waals surface area (Å²) in [5.74, 6) is -0.138. The van der Waals surface area contributed by atoms with E-state index in [-0.39, 0.29) is 23.7 Å². The van der Waals surface area contributed by atoms with Gasteiger partial charge in [0.2, 0.25) is 0 Å². The van der Waals surface area contributed by atoms with Gasteiger partial charge in [0.05, 0.1) is 16.3 Å². The van der Waals surface area contributed by atoms with Crippen molar-refractivity contribution in [3.8, 4) is 0 Å². The van der Waals surface area contributed by atoms with Crippen molar-refractivity contribution >= 4 is 17.5 Å². The van der Waals surface area contributed by atoms with Crippen LogP contribution in [0.5, 0.6) is 0 Å². The molecule has 0 spiro atoms. The number of amides is 1. The van der Waals surface area contributed by atoms with Gasteiger partial charge in [0.15, 0.2) is 0 Å². The van der Waals surface area contributed by atoms with Crippen LogP contribution in [0.1, 0.15) is 66.6 Å². The number of pyridine rings is 1. The van der Waals surface area contributed by atoms with E-state index in [0.29, 0.717) is 17.0 Å². The summed E-state index contributed by atoms with van der Waals surface area (Å²) in [4.78, 5) is 19.5. The van der Waals surface area contributed by atoms with Gasteiger partial charge < -0.3 is 4.90 Å². The molecule has 2 aromatic heterocycles. The lowest BCUT2D eigenvalue weighted by atomic mass is 10.1. The summed E-state index contributed by atoms with van der Waals surface area (Å²) in [5, 5.41) is 4.79. The second-order valence-electron chi connectivity index (χ2n) is 7.49. The summed E-state index contributed by atoms with van der Waals surface area (Å²) in [6, 6.07) is 2.13. The van der Waals surface area contributed by atoms with Gasteiger partial charge in [-0.25, -0.2) is 4.39 Å². The fourth-order valence-corrected chi connectivity index (χ4v) is 3.73. The first-order valence-electron chi connectivity index (χ1n) is 9.39. The number of halogens is 2. The number of rotatable bonds is 7. The maximum Gasteiger partial charge on any atom is 0.257 e. The van der Waals surface area contributed by atoms with Crippen LogP contribution in [0.4, 0.5) is 4.39 Å². The zero-order valence-corrected chi connectivity index (χ0v) is 17.0. The number of alkyl halides is 1. The van der Waals surface area contributed by atoms with Crippen molar-refractivity contribution in [3.63, 3.8) is 0 Å². The second-order valence-corrected chi connectivity index (χ2v) is 7.90.